The average Bonchev–Trinajstić information content (AvgIpc) is 2.18. The van der Waals surface area contributed by atoms with Crippen molar-refractivity contribution in [1.29, 1.82) is 0 Å². The van der Waals surface area contributed by atoms with Gasteiger partial charge in [-0.1, -0.05) is 0 Å². The molecule has 10 heteroatoms. The molecule has 1 fully saturated rings. The van der Waals surface area contributed by atoms with Crippen molar-refractivity contribution in [2.45, 2.75) is 24.1 Å². The number of aliphatic hydroxyl groups is 4. The van der Waals surface area contributed by atoms with E-state index in [1.807, 2.05) is 0 Å². The van der Waals surface area contributed by atoms with E-state index in [2.05, 4.69) is 9.26 Å². The molecule has 0 unspecified atom stereocenters. The maximum absolute atomic E-state index is 10.4. The topological polar surface area (TPSA) is 157 Å². The second-order valence-corrected chi connectivity index (χ2v) is 4.66. The number of aliphatic hydroxyl groups excluding tert-OH is 3. The number of hydrogen-bond donors (Lipinski definition) is 6. The Labute approximate surface area is 90.1 Å². The molecule has 0 aliphatic carbocycles. The molecular formula is C6H13O9P. The largest absolute Gasteiger partial charge is 0.469 e. The van der Waals surface area contributed by atoms with Gasteiger partial charge in [0.05, 0.1) is 6.61 Å². The van der Waals surface area contributed by atoms with E-state index in [0.717, 1.165) is 0 Å². The van der Waals surface area contributed by atoms with Gasteiger partial charge < -0.3 is 34.9 Å². The van der Waals surface area contributed by atoms with E-state index in [0.29, 0.717) is 0 Å². The molecule has 0 radical (unpaired) electrons. The van der Waals surface area contributed by atoms with E-state index < -0.39 is 45.1 Å². The van der Waals surface area contributed by atoms with Crippen LogP contribution in [0.1, 0.15) is 0 Å². The van der Waals surface area contributed by atoms with Gasteiger partial charge in [-0.05, 0) is 0 Å². The van der Waals surface area contributed by atoms with Gasteiger partial charge in [-0.15, -0.1) is 0 Å². The third-order valence-corrected chi connectivity index (χ3v) is 2.59. The third kappa shape index (κ3) is 3.20. The maximum atomic E-state index is 10.4. The molecule has 1 saturated heterocycles. The lowest BCUT2D eigenvalue weighted by molar-refractivity contribution is -0.329. The van der Waals surface area contributed by atoms with Crippen molar-refractivity contribution in [3.8, 4) is 0 Å². The summed E-state index contributed by atoms with van der Waals surface area (Å²) in [4.78, 5) is 16.8. The Hall–Kier alpha value is -0.0900. The molecule has 16 heavy (non-hydrogen) atoms. The Kier molecular flexibility index (Phi) is 4.06. The summed E-state index contributed by atoms with van der Waals surface area (Å²) in [7, 11) is -4.83. The maximum Gasteiger partial charge on any atom is 0.469 e. The molecule has 0 aromatic carbocycles. The number of ether oxygens (including phenoxy) is 1. The lowest BCUT2D eigenvalue weighted by Crippen LogP contribution is -2.62. The van der Waals surface area contributed by atoms with Crippen LogP contribution in [0.25, 0.3) is 0 Å². The van der Waals surface area contributed by atoms with Crippen LogP contribution in [-0.2, 0) is 13.8 Å². The van der Waals surface area contributed by atoms with Crippen LogP contribution in [0.4, 0.5) is 0 Å². The number of phosphoric ester groups is 1. The van der Waals surface area contributed by atoms with Crippen molar-refractivity contribution in [2.75, 3.05) is 13.2 Å². The van der Waals surface area contributed by atoms with Gasteiger partial charge in [-0.3, -0.25) is 4.52 Å². The van der Waals surface area contributed by atoms with Gasteiger partial charge in [0, 0.05) is 0 Å². The standard InChI is InChI=1S/C6H13O9P/c7-3-1-14-6(10,5(9)4(3)8)2-15-16(11,12)13/h3-5,7-10H,1-2H2,(H2,11,12,13)/t3-,4+,5-,6-/m0/s1. The van der Waals surface area contributed by atoms with Gasteiger partial charge in [0.2, 0.25) is 5.79 Å². The minimum absolute atomic E-state index is 0.501. The Morgan fingerprint density at radius 1 is 1.38 bits per heavy atom. The van der Waals surface area contributed by atoms with Gasteiger partial charge in [0.25, 0.3) is 0 Å². The highest BCUT2D eigenvalue weighted by atomic mass is 31.2. The SMILES string of the molecule is O=P(O)(O)OC[C@]1(O)OC[C@H](O)[C@@H](O)[C@@H]1O. The zero-order valence-electron chi connectivity index (χ0n) is 8.00. The van der Waals surface area contributed by atoms with Crippen LogP contribution in [0, 0.1) is 0 Å². The van der Waals surface area contributed by atoms with E-state index in [-0.39, 0.29) is 0 Å². The van der Waals surface area contributed by atoms with E-state index in [9.17, 15) is 19.9 Å². The predicted molar refractivity (Wildman–Crippen MR) is 46.9 cm³/mol. The van der Waals surface area contributed by atoms with Crippen molar-refractivity contribution in [3.63, 3.8) is 0 Å². The molecule has 0 aromatic heterocycles. The molecule has 0 spiro atoms. The fourth-order valence-corrected chi connectivity index (χ4v) is 1.55. The highest BCUT2D eigenvalue weighted by molar-refractivity contribution is 7.46. The van der Waals surface area contributed by atoms with Crippen LogP contribution >= 0.6 is 7.82 Å². The molecule has 4 atom stereocenters. The summed E-state index contributed by atoms with van der Waals surface area (Å²) in [6, 6.07) is 0. The molecule has 1 heterocycles. The first-order valence-corrected chi connectivity index (χ1v) is 5.79. The summed E-state index contributed by atoms with van der Waals surface area (Å²) in [5, 5.41) is 37.2. The molecule has 0 saturated carbocycles. The van der Waals surface area contributed by atoms with Gasteiger partial charge in [-0.25, -0.2) is 4.57 Å². The summed E-state index contributed by atoms with van der Waals surface area (Å²) < 4.78 is 18.9. The summed E-state index contributed by atoms with van der Waals surface area (Å²) in [5.41, 5.74) is 0. The van der Waals surface area contributed by atoms with Crippen molar-refractivity contribution < 1.29 is 44.0 Å². The highest BCUT2D eigenvalue weighted by Crippen LogP contribution is 2.38. The van der Waals surface area contributed by atoms with Crippen LogP contribution in [0.2, 0.25) is 0 Å². The number of rotatable bonds is 3. The van der Waals surface area contributed by atoms with Crippen LogP contribution < -0.4 is 0 Å². The molecular weight excluding hydrogens is 247 g/mol. The fourth-order valence-electron chi connectivity index (χ4n) is 1.19. The summed E-state index contributed by atoms with van der Waals surface area (Å²) in [5.74, 6) is -2.47. The molecule has 1 rings (SSSR count). The zero-order chi connectivity index (χ0) is 12.6. The van der Waals surface area contributed by atoms with Crippen molar-refractivity contribution in [2.24, 2.45) is 0 Å². The fraction of sp³-hybridized carbons (Fsp3) is 1.00. The van der Waals surface area contributed by atoms with E-state index in [1.54, 1.807) is 0 Å². The minimum atomic E-state index is -4.83. The first-order chi connectivity index (χ1) is 7.16. The lowest BCUT2D eigenvalue weighted by atomic mass is 9.98. The Morgan fingerprint density at radius 2 is 1.94 bits per heavy atom. The summed E-state index contributed by atoms with van der Waals surface area (Å²) in [6.45, 7) is -1.54. The molecule has 96 valence electrons. The molecule has 1 aliphatic rings. The molecule has 0 aromatic rings. The molecule has 1 aliphatic heterocycles. The normalized spacial score (nSPS) is 41.0. The first kappa shape index (κ1) is 14.0. The Bertz CT molecular complexity index is 290. The summed E-state index contributed by atoms with van der Waals surface area (Å²) in [6.07, 6.45) is -5.03. The average molecular weight is 260 g/mol. The van der Waals surface area contributed by atoms with Crippen LogP contribution in [0.5, 0.6) is 0 Å². The van der Waals surface area contributed by atoms with E-state index in [4.69, 9.17) is 14.9 Å². The smallest absolute Gasteiger partial charge is 0.388 e. The van der Waals surface area contributed by atoms with Crippen molar-refractivity contribution >= 4 is 7.82 Å². The second-order valence-electron chi connectivity index (χ2n) is 3.42. The van der Waals surface area contributed by atoms with Crippen molar-refractivity contribution in [3.05, 3.63) is 0 Å². The third-order valence-electron chi connectivity index (χ3n) is 2.12. The Morgan fingerprint density at radius 3 is 2.44 bits per heavy atom. The number of phosphoric acid groups is 1. The molecule has 9 nitrogen and oxygen atoms in total. The van der Waals surface area contributed by atoms with Crippen molar-refractivity contribution in [1.82, 2.24) is 0 Å². The monoisotopic (exact) mass is 260 g/mol. The molecule has 6 N–H and O–H groups in total. The number of hydrogen-bond acceptors (Lipinski definition) is 7. The second kappa shape index (κ2) is 4.65. The van der Waals surface area contributed by atoms with E-state index >= 15 is 0 Å². The quantitative estimate of drug-likeness (QED) is 0.289. The highest BCUT2D eigenvalue weighted by Gasteiger charge is 2.49. The lowest BCUT2D eigenvalue weighted by Gasteiger charge is -2.41. The molecule has 0 bridgehead atoms. The van der Waals surface area contributed by atoms with Crippen LogP contribution in [0.15, 0.2) is 0 Å². The first-order valence-electron chi connectivity index (χ1n) is 4.26. The zero-order valence-corrected chi connectivity index (χ0v) is 8.90. The van der Waals surface area contributed by atoms with Crippen LogP contribution in [0.3, 0.4) is 0 Å². The van der Waals surface area contributed by atoms with Crippen LogP contribution in [-0.4, -0.2) is 67.5 Å². The van der Waals surface area contributed by atoms with Gasteiger partial charge in [-0.2, -0.15) is 0 Å². The van der Waals surface area contributed by atoms with Gasteiger partial charge in [0.15, 0.2) is 0 Å². The van der Waals surface area contributed by atoms with Gasteiger partial charge in [0.1, 0.15) is 24.9 Å². The van der Waals surface area contributed by atoms with E-state index in [1.165, 1.54) is 0 Å². The minimum Gasteiger partial charge on any atom is -0.388 e. The van der Waals surface area contributed by atoms with Gasteiger partial charge >= 0.3 is 7.82 Å². The molecule has 0 amide bonds. The summed E-state index contributed by atoms with van der Waals surface area (Å²) >= 11 is 0. The Balaban J connectivity index is 2.66. The predicted octanol–water partition coefficient (Wildman–Crippen LogP) is -3.10.